The normalized spacial score (nSPS) is 30.8. The summed E-state index contributed by atoms with van der Waals surface area (Å²) in [5.41, 5.74) is 1.48. The van der Waals surface area contributed by atoms with E-state index in [2.05, 4.69) is 4.90 Å². The molecule has 2 unspecified atom stereocenters. The van der Waals surface area contributed by atoms with Crippen LogP contribution in [0.25, 0.3) is 0 Å². The minimum Gasteiger partial charge on any atom is -0.302 e. The van der Waals surface area contributed by atoms with Crippen LogP contribution < -0.4 is 0 Å². The van der Waals surface area contributed by atoms with Gasteiger partial charge in [0.1, 0.15) is 17.7 Å². The smallest absolute Gasteiger partial charge is 0.129 e. The van der Waals surface area contributed by atoms with Crippen molar-refractivity contribution in [1.82, 2.24) is 4.90 Å². The molecule has 0 N–H and O–H groups in total. The highest BCUT2D eigenvalue weighted by molar-refractivity contribution is 5.42. The lowest BCUT2D eigenvalue weighted by atomic mass is 9.90. The van der Waals surface area contributed by atoms with Gasteiger partial charge in [-0.15, -0.1) is 0 Å². The van der Waals surface area contributed by atoms with E-state index in [0.29, 0.717) is 11.5 Å². The molecule has 2 heterocycles. The summed E-state index contributed by atoms with van der Waals surface area (Å²) in [5.74, 6) is 0.489. The molecule has 13 heavy (non-hydrogen) atoms. The Balaban J connectivity index is 2.30. The molecule has 0 saturated carbocycles. The first-order chi connectivity index (χ1) is 6.35. The van der Waals surface area contributed by atoms with E-state index in [-0.39, 0.29) is 0 Å². The Kier molecular flexibility index (Phi) is 2.04. The van der Waals surface area contributed by atoms with Crippen LogP contribution in [0.15, 0.2) is 11.1 Å². The lowest BCUT2D eigenvalue weighted by molar-refractivity contribution is 0.307. The third-order valence-corrected chi connectivity index (χ3v) is 3.01. The van der Waals surface area contributed by atoms with E-state index < -0.39 is 0 Å². The van der Waals surface area contributed by atoms with Crippen molar-refractivity contribution in [3.8, 4) is 12.1 Å². The van der Waals surface area contributed by atoms with Crippen molar-refractivity contribution in [2.24, 2.45) is 5.92 Å². The molecule has 2 aliphatic rings. The quantitative estimate of drug-likeness (QED) is 0.514. The zero-order valence-corrected chi connectivity index (χ0v) is 7.45. The first-order valence-electron chi connectivity index (χ1n) is 4.60. The maximum atomic E-state index is 8.76. The molecule has 2 aliphatic heterocycles. The van der Waals surface area contributed by atoms with E-state index in [4.69, 9.17) is 10.5 Å². The van der Waals surface area contributed by atoms with Gasteiger partial charge in [0.15, 0.2) is 0 Å². The van der Waals surface area contributed by atoms with Crippen molar-refractivity contribution in [3.63, 3.8) is 0 Å². The van der Waals surface area contributed by atoms with Gasteiger partial charge in [0, 0.05) is 13.1 Å². The van der Waals surface area contributed by atoms with Crippen molar-refractivity contribution in [3.05, 3.63) is 11.1 Å². The summed E-state index contributed by atoms with van der Waals surface area (Å²) in [6.07, 6.45) is 2.04. The van der Waals surface area contributed by atoms with Crippen LogP contribution in [0.5, 0.6) is 0 Å². The van der Waals surface area contributed by atoms with E-state index in [0.717, 1.165) is 38.0 Å². The Morgan fingerprint density at radius 2 is 2.08 bits per heavy atom. The van der Waals surface area contributed by atoms with Gasteiger partial charge in [-0.25, -0.2) is 0 Å². The fourth-order valence-electron chi connectivity index (χ4n) is 2.30. The lowest BCUT2D eigenvalue weighted by Gasteiger charge is -2.24. The van der Waals surface area contributed by atoms with Gasteiger partial charge >= 0.3 is 0 Å². The van der Waals surface area contributed by atoms with Crippen LogP contribution in [-0.4, -0.2) is 24.5 Å². The van der Waals surface area contributed by atoms with E-state index in [1.807, 2.05) is 12.1 Å². The summed E-state index contributed by atoms with van der Waals surface area (Å²) < 4.78 is 0. The number of hydrogen-bond donors (Lipinski definition) is 0. The van der Waals surface area contributed by atoms with Gasteiger partial charge in [-0.2, -0.15) is 10.5 Å². The third kappa shape index (κ3) is 1.32. The highest BCUT2D eigenvalue weighted by Gasteiger charge is 2.31. The highest BCUT2D eigenvalue weighted by atomic mass is 15.2. The van der Waals surface area contributed by atoms with Crippen molar-refractivity contribution in [2.75, 3.05) is 19.6 Å². The number of hydrogen-bond acceptors (Lipinski definition) is 3. The monoisotopic (exact) mass is 173 g/mol. The Bertz CT molecular complexity index is 313. The van der Waals surface area contributed by atoms with Crippen molar-refractivity contribution >= 4 is 0 Å². The first kappa shape index (κ1) is 8.29. The van der Waals surface area contributed by atoms with Gasteiger partial charge in [0.25, 0.3) is 0 Å². The van der Waals surface area contributed by atoms with Gasteiger partial charge in [-0.05, 0) is 30.9 Å². The second-order valence-electron chi connectivity index (χ2n) is 3.66. The molecule has 2 rings (SSSR count). The van der Waals surface area contributed by atoms with Crippen LogP contribution in [0.3, 0.4) is 0 Å². The summed E-state index contributed by atoms with van der Waals surface area (Å²) in [5, 5.41) is 17.5. The van der Waals surface area contributed by atoms with Crippen LogP contribution in [0.1, 0.15) is 12.8 Å². The fourth-order valence-corrected chi connectivity index (χ4v) is 2.30. The largest absolute Gasteiger partial charge is 0.302 e. The standard InChI is InChI=1S/C10H11N3/c11-5-9(6-12)10-2-4-13-3-1-8(10)7-13/h8H,1-4,7H2. The zero-order chi connectivity index (χ0) is 9.26. The maximum absolute atomic E-state index is 8.76. The highest BCUT2D eigenvalue weighted by Crippen LogP contribution is 2.33. The zero-order valence-electron chi connectivity index (χ0n) is 7.45. The van der Waals surface area contributed by atoms with Gasteiger partial charge in [0.2, 0.25) is 0 Å². The van der Waals surface area contributed by atoms with E-state index in [9.17, 15) is 0 Å². The SMILES string of the molecule is N#CC(C#N)=C1CCN2CCC1C2. The molecule has 2 bridgehead atoms. The molecule has 66 valence electrons. The lowest BCUT2D eigenvalue weighted by Crippen LogP contribution is -2.28. The molecule has 0 spiro atoms. The molecule has 0 radical (unpaired) electrons. The van der Waals surface area contributed by atoms with E-state index in [1.54, 1.807) is 0 Å². The molecule has 0 aromatic heterocycles. The maximum Gasteiger partial charge on any atom is 0.129 e. The fraction of sp³-hybridized carbons (Fsp3) is 0.600. The molecule has 0 amide bonds. The van der Waals surface area contributed by atoms with Gasteiger partial charge in [-0.1, -0.05) is 0 Å². The Morgan fingerprint density at radius 3 is 2.77 bits per heavy atom. The van der Waals surface area contributed by atoms with Gasteiger partial charge in [0.05, 0.1) is 0 Å². The van der Waals surface area contributed by atoms with Gasteiger partial charge < -0.3 is 4.90 Å². The topological polar surface area (TPSA) is 50.8 Å². The average Bonchev–Trinajstić information content (AvgIpc) is 2.54. The number of nitriles is 2. The number of allylic oxidation sites excluding steroid dienone is 1. The third-order valence-electron chi connectivity index (χ3n) is 3.01. The molecular weight excluding hydrogens is 162 g/mol. The predicted octanol–water partition coefficient (Wildman–Crippen LogP) is 1.06. The van der Waals surface area contributed by atoms with Gasteiger partial charge in [-0.3, -0.25) is 0 Å². The molecular formula is C10H11N3. The van der Waals surface area contributed by atoms with E-state index in [1.165, 1.54) is 0 Å². The van der Waals surface area contributed by atoms with E-state index >= 15 is 0 Å². The van der Waals surface area contributed by atoms with Crippen LogP contribution in [0, 0.1) is 28.6 Å². The van der Waals surface area contributed by atoms with Crippen LogP contribution in [-0.2, 0) is 0 Å². The minimum atomic E-state index is 0.367. The number of fused-ring (bicyclic) bond motifs is 2. The molecule has 3 nitrogen and oxygen atoms in total. The summed E-state index contributed by atoms with van der Waals surface area (Å²) in [4.78, 5) is 2.40. The summed E-state index contributed by atoms with van der Waals surface area (Å²) in [6, 6.07) is 4.01. The number of rotatable bonds is 0. The van der Waals surface area contributed by atoms with Crippen molar-refractivity contribution < 1.29 is 0 Å². The Hall–Kier alpha value is -1.32. The minimum absolute atomic E-state index is 0.367. The number of piperidine rings is 1. The number of nitrogens with zero attached hydrogens (tertiary/aromatic N) is 3. The second-order valence-corrected chi connectivity index (χ2v) is 3.66. The molecule has 0 aliphatic carbocycles. The Labute approximate surface area is 77.9 Å². The summed E-state index contributed by atoms with van der Waals surface area (Å²) in [6.45, 7) is 3.22. The van der Waals surface area contributed by atoms with Crippen LogP contribution >= 0.6 is 0 Å². The summed E-state index contributed by atoms with van der Waals surface area (Å²) >= 11 is 0. The average molecular weight is 173 g/mol. The molecule has 2 fully saturated rings. The molecule has 0 aromatic rings. The Morgan fingerprint density at radius 1 is 1.31 bits per heavy atom. The van der Waals surface area contributed by atoms with Crippen LogP contribution in [0.2, 0.25) is 0 Å². The van der Waals surface area contributed by atoms with Crippen LogP contribution in [0.4, 0.5) is 0 Å². The second kappa shape index (κ2) is 3.20. The van der Waals surface area contributed by atoms with Crippen molar-refractivity contribution in [2.45, 2.75) is 12.8 Å². The van der Waals surface area contributed by atoms with Crippen molar-refractivity contribution in [1.29, 1.82) is 10.5 Å². The molecule has 2 saturated heterocycles. The predicted molar refractivity (Wildman–Crippen MR) is 47.4 cm³/mol. The molecule has 2 atom stereocenters. The first-order valence-corrected chi connectivity index (χ1v) is 4.60. The molecule has 0 aromatic carbocycles. The summed E-state index contributed by atoms with van der Waals surface area (Å²) in [7, 11) is 0. The molecule has 3 heteroatoms.